The maximum atomic E-state index is 11.4. The Kier molecular flexibility index (Phi) is 5.38. The van der Waals surface area contributed by atoms with Crippen LogP contribution in [0.25, 0.3) is 0 Å². The van der Waals surface area contributed by atoms with Gasteiger partial charge in [-0.25, -0.2) is 4.79 Å². The molecule has 0 heterocycles. The van der Waals surface area contributed by atoms with Gasteiger partial charge in [0.05, 0.1) is 18.5 Å². The number of carbonyl (C=O) groups is 1. The lowest BCUT2D eigenvalue weighted by Crippen LogP contribution is -2.20. The molecular formula is C16H22N2O2. The number of hydrogen-bond acceptors (Lipinski definition) is 4. The Labute approximate surface area is 120 Å². The zero-order valence-electron chi connectivity index (χ0n) is 12.8. The zero-order chi connectivity index (χ0) is 15.3. The van der Waals surface area contributed by atoms with E-state index in [1.165, 1.54) is 12.7 Å². The molecule has 0 unspecified atom stereocenters. The molecule has 108 valence electrons. The number of rotatable bonds is 5. The first kappa shape index (κ1) is 15.8. The minimum atomic E-state index is -0.352. The van der Waals surface area contributed by atoms with Gasteiger partial charge in [-0.15, -0.1) is 0 Å². The molecule has 0 fully saturated rings. The predicted octanol–water partition coefficient (Wildman–Crippen LogP) is 3.24. The van der Waals surface area contributed by atoms with E-state index in [1.807, 2.05) is 19.1 Å². The molecule has 0 aromatic heterocycles. The summed E-state index contributed by atoms with van der Waals surface area (Å²) in [5.41, 5.74) is 4.57. The first-order valence-corrected chi connectivity index (χ1v) is 6.41. The molecule has 20 heavy (non-hydrogen) atoms. The fourth-order valence-electron chi connectivity index (χ4n) is 1.77. The SMILES string of the molecule is C=C(N/C(C)=C(\C)C(=O)OC)Nc1ccc(C)cc1C. The van der Waals surface area contributed by atoms with Gasteiger partial charge in [-0.05, 0) is 39.3 Å². The highest BCUT2D eigenvalue weighted by Gasteiger charge is 2.08. The van der Waals surface area contributed by atoms with Crippen LogP contribution in [-0.4, -0.2) is 13.1 Å². The van der Waals surface area contributed by atoms with Gasteiger partial charge in [-0.2, -0.15) is 0 Å². The first-order chi connectivity index (χ1) is 9.35. The van der Waals surface area contributed by atoms with Gasteiger partial charge in [0.2, 0.25) is 0 Å². The van der Waals surface area contributed by atoms with E-state index in [4.69, 9.17) is 0 Å². The molecule has 0 saturated carbocycles. The van der Waals surface area contributed by atoms with Crippen molar-refractivity contribution in [3.8, 4) is 0 Å². The molecule has 0 spiro atoms. The second kappa shape index (κ2) is 6.80. The van der Waals surface area contributed by atoms with Crippen molar-refractivity contribution in [2.75, 3.05) is 12.4 Å². The smallest absolute Gasteiger partial charge is 0.335 e. The highest BCUT2D eigenvalue weighted by Crippen LogP contribution is 2.17. The number of ether oxygens (including phenoxy) is 1. The third-order valence-electron chi connectivity index (χ3n) is 3.06. The van der Waals surface area contributed by atoms with E-state index in [-0.39, 0.29) is 5.97 Å². The van der Waals surface area contributed by atoms with E-state index < -0.39 is 0 Å². The van der Waals surface area contributed by atoms with Gasteiger partial charge in [0.25, 0.3) is 0 Å². The maximum Gasteiger partial charge on any atom is 0.335 e. The van der Waals surface area contributed by atoms with Gasteiger partial charge >= 0.3 is 5.97 Å². The van der Waals surface area contributed by atoms with E-state index in [2.05, 4.69) is 34.9 Å². The van der Waals surface area contributed by atoms with Gasteiger partial charge in [0.1, 0.15) is 0 Å². The lowest BCUT2D eigenvalue weighted by Gasteiger charge is -2.16. The number of nitrogens with one attached hydrogen (secondary N) is 2. The minimum Gasteiger partial charge on any atom is -0.466 e. The highest BCUT2D eigenvalue weighted by molar-refractivity contribution is 5.88. The van der Waals surface area contributed by atoms with Crippen LogP contribution in [0.15, 0.2) is 41.9 Å². The number of methoxy groups -OCH3 is 1. The van der Waals surface area contributed by atoms with Gasteiger partial charge in [-0.1, -0.05) is 24.3 Å². The average Bonchev–Trinajstić information content (AvgIpc) is 2.40. The molecular weight excluding hydrogens is 252 g/mol. The van der Waals surface area contributed by atoms with Crippen LogP contribution in [-0.2, 0) is 9.53 Å². The largest absolute Gasteiger partial charge is 0.466 e. The molecule has 0 atom stereocenters. The number of anilines is 1. The molecule has 1 aromatic carbocycles. The normalized spacial score (nSPS) is 11.4. The molecule has 0 saturated heterocycles. The summed E-state index contributed by atoms with van der Waals surface area (Å²) >= 11 is 0. The van der Waals surface area contributed by atoms with Crippen molar-refractivity contribution in [1.82, 2.24) is 5.32 Å². The summed E-state index contributed by atoms with van der Waals surface area (Å²) in [5, 5.41) is 6.25. The number of benzene rings is 1. The maximum absolute atomic E-state index is 11.4. The van der Waals surface area contributed by atoms with Crippen LogP contribution < -0.4 is 10.6 Å². The summed E-state index contributed by atoms with van der Waals surface area (Å²) in [5.74, 6) is 0.257. The Morgan fingerprint density at radius 2 is 1.90 bits per heavy atom. The molecule has 0 aliphatic heterocycles. The molecule has 4 heteroatoms. The van der Waals surface area contributed by atoms with Crippen molar-refractivity contribution in [3.05, 3.63) is 53.0 Å². The van der Waals surface area contributed by atoms with E-state index in [0.717, 1.165) is 11.3 Å². The third-order valence-corrected chi connectivity index (χ3v) is 3.06. The van der Waals surface area contributed by atoms with Crippen molar-refractivity contribution in [2.45, 2.75) is 27.7 Å². The average molecular weight is 274 g/mol. The lowest BCUT2D eigenvalue weighted by molar-refractivity contribution is -0.136. The molecule has 0 bridgehead atoms. The minimum absolute atomic E-state index is 0.352. The van der Waals surface area contributed by atoms with Crippen LogP contribution in [0.2, 0.25) is 0 Å². The molecule has 4 nitrogen and oxygen atoms in total. The Hall–Kier alpha value is -2.23. The topological polar surface area (TPSA) is 50.4 Å². The van der Waals surface area contributed by atoms with E-state index >= 15 is 0 Å². The van der Waals surface area contributed by atoms with Crippen LogP contribution in [0.1, 0.15) is 25.0 Å². The van der Waals surface area contributed by atoms with E-state index in [0.29, 0.717) is 17.1 Å². The number of esters is 1. The van der Waals surface area contributed by atoms with Crippen LogP contribution >= 0.6 is 0 Å². The number of allylic oxidation sites excluding steroid dienone is 1. The van der Waals surface area contributed by atoms with Crippen molar-refractivity contribution in [1.29, 1.82) is 0 Å². The zero-order valence-corrected chi connectivity index (χ0v) is 12.8. The predicted molar refractivity (Wildman–Crippen MR) is 82.2 cm³/mol. The summed E-state index contributed by atoms with van der Waals surface area (Å²) in [6.45, 7) is 11.5. The van der Waals surface area contributed by atoms with Crippen molar-refractivity contribution < 1.29 is 9.53 Å². The molecule has 0 amide bonds. The molecule has 2 N–H and O–H groups in total. The standard InChI is InChI=1S/C16H22N2O2/c1-10-7-8-15(11(2)9-10)18-14(5)17-13(4)12(3)16(19)20-6/h7-9,17-18H,5H2,1-4,6H3/b13-12+. The van der Waals surface area contributed by atoms with Gasteiger partial charge < -0.3 is 15.4 Å². The van der Waals surface area contributed by atoms with Crippen LogP contribution in [0.4, 0.5) is 5.69 Å². The van der Waals surface area contributed by atoms with Gasteiger partial charge in [0.15, 0.2) is 0 Å². The Morgan fingerprint density at radius 1 is 1.25 bits per heavy atom. The fraction of sp³-hybridized carbons (Fsp3) is 0.312. The van der Waals surface area contributed by atoms with Crippen molar-refractivity contribution in [2.24, 2.45) is 0 Å². The fourth-order valence-corrected chi connectivity index (χ4v) is 1.77. The van der Waals surface area contributed by atoms with E-state index in [1.54, 1.807) is 13.8 Å². The van der Waals surface area contributed by atoms with Gasteiger partial charge in [-0.3, -0.25) is 0 Å². The molecule has 1 aromatic rings. The third kappa shape index (κ3) is 4.16. The van der Waals surface area contributed by atoms with Crippen LogP contribution in [0, 0.1) is 13.8 Å². The summed E-state index contributed by atoms with van der Waals surface area (Å²) in [4.78, 5) is 11.4. The Balaban J connectivity index is 2.75. The quantitative estimate of drug-likeness (QED) is 0.639. The van der Waals surface area contributed by atoms with Gasteiger partial charge in [0, 0.05) is 11.4 Å². The van der Waals surface area contributed by atoms with Crippen molar-refractivity contribution in [3.63, 3.8) is 0 Å². The van der Waals surface area contributed by atoms with Crippen molar-refractivity contribution >= 4 is 11.7 Å². The number of aryl methyl sites for hydroxylation is 2. The Bertz CT molecular complexity index is 560. The number of carbonyl (C=O) groups excluding carboxylic acids is 1. The molecule has 1 rings (SSSR count). The second-order valence-electron chi connectivity index (χ2n) is 4.79. The summed E-state index contributed by atoms with van der Waals surface area (Å²) in [7, 11) is 1.36. The Morgan fingerprint density at radius 3 is 2.45 bits per heavy atom. The summed E-state index contributed by atoms with van der Waals surface area (Å²) in [6, 6.07) is 6.13. The highest BCUT2D eigenvalue weighted by atomic mass is 16.5. The van der Waals surface area contributed by atoms with Crippen LogP contribution in [0.5, 0.6) is 0 Å². The molecule has 0 aliphatic carbocycles. The summed E-state index contributed by atoms with van der Waals surface area (Å²) < 4.78 is 4.68. The van der Waals surface area contributed by atoms with E-state index in [9.17, 15) is 4.79 Å². The summed E-state index contributed by atoms with van der Waals surface area (Å²) in [6.07, 6.45) is 0. The molecule has 0 aliphatic rings. The first-order valence-electron chi connectivity index (χ1n) is 6.41. The second-order valence-corrected chi connectivity index (χ2v) is 4.79. The van der Waals surface area contributed by atoms with Crippen LogP contribution in [0.3, 0.4) is 0 Å². The lowest BCUT2D eigenvalue weighted by atomic mass is 10.1. The number of hydrogen-bond donors (Lipinski definition) is 2. The monoisotopic (exact) mass is 274 g/mol. The molecule has 0 radical (unpaired) electrons.